The van der Waals surface area contributed by atoms with Crippen LogP contribution in [0.3, 0.4) is 0 Å². The van der Waals surface area contributed by atoms with E-state index in [4.69, 9.17) is 10.5 Å². The van der Waals surface area contributed by atoms with Crippen LogP contribution in [0, 0.1) is 0 Å². The van der Waals surface area contributed by atoms with Gasteiger partial charge in [0.15, 0.2) is 0 Å². The number of morpholine rings is 1. The maximum atomic E-state index is 12.6. The molecule has 1 unspecified atom stereocenters. The molecule has 0 saturated carbocycles. The Morgan fingerprint density at radius 1 is 1.50 bits per heavy atom. The van der Waals surface area contributed by atoms with Gasteiger partial charge >= 0.3 is 6.18 Å². The van der Waals surface area contributed by atoms with E-state index in [1.807, 2.05) is 11.8 Å². The van der Waals surface area contributed by atoms with E-state index in [9.17, 15) is 13.2 Å². The summed E-state index contributed by atoms with van der Waals surface area (Å²) < 4.78 is 43.1. The van der Waals surface area contributed by atoms with Gasteiger partial charge < -0.3 is 15.4 Å². The zero-order valence-electron chi connectivity index (χ0n) is 9.87. The molecule has 2 rings (SSSR count). The van der Waals surface area contributed by atoms with Crippen LogP contribution in [0.5, 0.6) is 0 Å². The Hall–Kier alpha value is -1.50. The Morgan fingerprint density at radius 3 is 2.83 bits per heavy atom. The molecule has 1 aliphatic rings. The molecule has 0 bridgehead atoms. The topological polar surface area (TPSA) is 51.4 Å². The van der Waals surface area contributed by atoms with Crippen molar-refractivity contribution in [1.82, 2.24) is 4.98 Å². The third-order valence-corrected chi connectivity index (χ3v) is 2.88. The molecule has 100 valence electrons. The van der Waals surface area contributed by atoms with Crippen LogP contribution in [0.1, 0.15) is 12.6 Å². The van der Waals surface area contributed by atoms with Gasteiger partial charge in [-0.15, -0.1) is 0 Å². The number of aromatic nitrogens is 1. The minimum absolute atomic E-state index is 0.00969. The molecule has 2 heterocycles. The molecule has 0 aliphatic carbocycles. The number of ether oxygens (including phenoxy) is 1. The Balaban J connectivity index is 2.37. The van der Waals surface area contributed by atoms with E-state index in [-0.39, 0.29) is 11.7 Å². The van der Waals surface area contributed by atoms with Crippen molar-refractivity contribution in [3.05, 3.63) is 18.0 Å². The Morgan fingerprint density at radius 2 is 2.22 bits per heavy atom. The predicted octanol–water partition coefficient (Wildman–Crippen LogP) is 1.91. The summed E-state index contributed by atoms with van der Waals surface area (Å²) in [5.41, 5.74) is 5.40. The van der Waals surface area contributed by atoms with Crippen LogP contribution in [0.4, 0.5) is 24.5 Å². The second-order valence-corrected chi connectivity index (χ2v) is 4.24. The highest BCUT2D eigenvalue weighted by Gasteiger charge is 2.34. The number of anilines is 2. The average molecular weight is 261 g/mol. The zero-order valence-corrected chi connectivity index (χ0v) is 9.87. The first kappa shape index (κ1) is 12.9. The molecule has 7 heteroatoms. The highest BCUT2D eigenvalue weighted by molar-refractivity contribution is 5.67. The van der Waals surface area contributed by atoms with Gasteiger partial charge in [-0.25, -0.2) is 4.98 Å². The normalized spacial score (nSPS) is 21.1. The predicted molar refractivity (Wildman–Crippen MR) is 61.3 cm³/mol. The van der Waals surface area contributed by atoms with Gasteiger partial charge in [-0.05, 0) is 13.0 Å². The van der Waals surface area contributed by atoms with Crippen molar-refractivity contribution in [3.63, 3.8) is 0 Å². The van der Waals surface area contributed by atoms with Crippen LogP contribution in [0.2, 0.25) is 0 Å². The summed E-state index contributed by atoms with van der Waals surface area (Å²) >= 11 is 0. The molecule has 1 fully saturated rings. The zero-order chi connectivity index (χ0) is 13.3. The minimum Gasteiger partial charge on any atom is -0.396 e. The number of halogens is 3. The van der Waals surface area contributed by atoms with Gasteiger partial charge in [-0.1, -0.05) is 0 Å². The van der Waals surface area contributed by atoms with Gasteiger partial charge in [0.25, 0.3) is 0 Å². The first-order valence-corrected chi connectivity index (χ1v) is 5.56. The largest absolute Gasteiger partial charge is 0.433 e. The standard InChI is InChI=1S/C11H14F3N3O/c1-7-6-18-3-2-17(7)9-4-10(11(12,13)14)16-5-8(9)15/h4-5,7H,2-3,6,15H2,1H3. The first-order valence-electron chi connectivity index (χ1n) is 5.56. The summed E-state index contributed by atoms with van der Waals surface area (Å²) in [5.74, 6) is 0. The second-order valence-electron chi connectivity index (χ2n) is 4.24. The van der Waals surface area contributed by atoms with Gasteiger partial charge in [-0.3, -0.25) is 0 Å². The van der Waals surface area contributed by atoms with Crippen molar-refractivity contribution in [1.29, 1.82) is 0 Å². The Labute approximate surface area is 103 Å². The molecule has 1 aromatic heterocycles. The molecule has 0 radical (unpaired) electrons. The quantitative estimate of drug-likeness (QED) is 0.839. The van der Waals surface area contributed by atoms with Crippen molar-refractivity contribution < 1.29 is 17.9 Å². The Bertz CT molecular complexity index is 436. The smallest absolute Gasteiger partial charge is 0.396 e. The van der Waals surface area contributed by atoms with Gasteiger partial charge in [0.1, 0.15) is 5.69 Å². The summed E-state index contributed by atoms with van der Waals surface area (Å²) in [6, 6.07) is 0.987. The van der Waals surface area contributed by atoms with E-state index in [2.05, 4.69) is 4.98 Å². The van der Waals surface area contributed by atoms with E-state index in [1.54, 1.807) is 0 Å². The number of nitrogen functional groups attached to an aromatic ring is 1. The van der Waals surface area contributed by atoms with Crippen molar-refractivity contribution in [2.75, 3.05) is 30.4 Å². The van der Waals surface area contributed by atoms with E-state index in [0.717, 1.165) is 12.3 Å². The fourth-order valence-electron chi connectivity index (χ4n) is 1.94. The molecule has 0 amide bonds. The molecule has 1 aliphatic heterocycles. The monoisotopic (exact) mass is 261 g/mol. The highest BCUT2D eigenvalue weighted by Crippen LogP contribution is 2.33. The number of pyridine rings is 1. The van der Waals surface area contributed by atoms with Crippen LogP contribution in [-0.4, -0.2) is 30.8 Å². The summed E-state index contributed by atoms with van der Waals surface area (Å²) in [6.45, 7) is 3.36. The van der Waals surface area contributed by atoms with Crippen LogP contribution < -0.4 is 10.6 Å². The number of alkyl halides is 3. The minimum atomic E-state index is -4.46. The SMILES string of the molecule is CC1COCCN1c1cc(C(F)(F)F)ncc1N. The fraction of sp³-hybridized carbons (Fsp3) is 0.545. The number of nitrogens with zero attached hydrogens (tertiary/aromatic N) is 2. The van der Waals surface area contributed by atoms with Crippen LogP contribution >= 0.6 is 0 Å². The summed E-state index contributed by atoms with van der Waals surface area (Å²) in [6.07, 6.45) is -3.40. The fourth-order valence-corrected chi connectivity index (χ4v) is 1.94. The number of hydrogen-bond acceptors (Lipinski definition) is 4. The third kappa shape index (κ3) is 2.50. The molecule has 0 aromatic carbocycles. The van der Waals surface area contributed by atoms with Crippen LogP contribution in [0.25, 0.3) is 0 Å². The van der Waals surface area contributed by atoms with Gasteiger partial charge in [-0.2, -0.15) is 13.2 Å². The molecular formula is C11H14F3N3O. The first-order chi connectivity index (χ1) is 8.39. The molecule has 2 N–H and O–H groups in total. The number of hydrogen-bond donors (Lipinski definition) is 1. The number of nitrogens with two attached hydrogens (primary N) is 1. The molecule has 4 nitrogen and oxygen atoms in total. The van der Waals surface area contributed by atoms with E-state index >= 15 is 0 Å². The summed E-state index contributed by atoms with van der Waals surface area (Å²) in [5, 5.41) is 0. The van der Waals surface area contributed by atoms with Gasteiger partial charge in [0.2, 0.25) is 0 Å². The summed E-state index contributed by atoms with van der Waals surface area (Å²) in [7, 11) is 0. The molecule has 1 saturated heterocycles. The van der Waals surface area contributed by atoms with Crippen molar-refractivity contribution >= 4 is 11.4 Å². The Kier molecular flexibility index (Phi) is 3.34. The third-order valence-electron chi connectivity index (χ3n) is 2.88. The molecule has 1 aromatic rings. The average Bonchev–Trinajstić information content (AvgIpc) is 2.29. The second kappa shape index (κ2) is 4.64. The maximum Gasteiger partial charge on any atom is 0.433 e. The van der Waals surface area contributed by atoms with Crippen molar-refractivity contribution in [2.24, 2.45) is 0 Å². The maximum absolute atomic E-state index is 12.6. The van der Waals surface area contributed by atoms with E-state index < -0.39 is 11.9 Å². The lowest BCUT2D eigenvalue weighted by atomic mass is 10.2. The van der Waals surface area contributed by atoms with Crippen LogP contribution in [0.15, 0.2) is 12.3 Å². The highest BCUT2D eigenvalue weighted by atomic mass is 19.4. The van der Waals surface area contributed by atoms with Gasteiger partial charge in [0.05, 0.1) is 30.8 Å². The molecule has 0 spiro atoms. The molecule has 18 heavy (non-hydrogen) atoms. The summed E-state index contributed by atoms with van der Waals surface area (Å²) in [4.78, 5) is 5.14. The lowest BCUT2D eigenvalue weighted by Gasteiger charge is -2.36. The van der Waals surface area contributed by atoms with E-state index in [1.165, 1.54) is 0 Å². The number of rotatable bonds is 1. The molecule has 1 atom stereocenters. The van der Waals surface area contributed by atoms with Crippen LogP contribution in [-0.2, 0) is 10.9 Å². The molecular weight excluding hydrogens is 247 g/mol. The lowest BCUT2D eigenvalue weighted by molar-refractivity contribution is -0.141. The van der Waals surface area contributed by atoms with Gasteiger partial charge in [0, 0.05) is 12.6 Å². The van der Waals surface area contributed by atoms with Crippen molar-refractivity contribution in [2.45, 2.75) is 19.1 Å². The van der Waals surface area contributed by atoms with E-state index in [0.29, 0.717) is 25.4 Å². The van der Waals surface area contributed by atoms with Crippen molar-refractivity contribution in [3.8, 4) is 0 Å². The lowest BCUT2D eigenvalue weighted by Crippen LogP contribution is -2.44.